The van der Waals surface area contributed by atoms with Gasteiger partial charge in [-0.05, 0) is 62.8 Å². The van der Waals surface area contributed by atoms with E-state index in [9.17, 15) is 28.8 Å². The van der Waals surface area contributed by atoms with Crippen LogP contribution in [-0.4, -0.2) is 114 Å². The van der Waals surface area contributed by atoms with Gasteiger partial charge in [0.1, 0.15) is 36.0 Å². The average molecular weight is 760 g/mol. The summed E-state index contributed by atoms with van der Waals surface area (Å²) in [6.45, 7) is 13.3. The highest BCUT2D eigenvalue weighted by Gasteiger charge is 2.42. The molecule has 2 saturated heterocycles. The number of esters is 1. The zero-order chi connectivity index (χ0) is 40.4. The van der Waals surface area contributed by atoms with E-state index in [1.807, 2.05) is 51.1 Å². The fraction of sp³-hybridized carbons (Fsp3) is 0.524. The van der Waals surface area contributed by atoms with Crippen molar-refractivity contribution in [3.05, 3.63) is 77.9 Å². The number of likely N-dealkylation sites (N-methyl/N-ethyl adjacent to an activating group) is 2. The Morgan fingerprint density at radius 3 is 2.16 bits per heavy atom. The summed E-state index contributed by atoms with van der Waals surface area (Å²) >= 11 is 0. The minimum Gasteiger partial charge on any atom is -0.493 e. The number of carbonyl (C=O) groups excluding carboxylic acids is 6. The summed E-state index contributed by atoms with van der Waals surface area (Å²) in [5, 5.41) is 5.67. The molecule has 2 heterocycles. The van der Waals surface area contributed by atoms with Crippen LogP contribution in [0.3, 0.4) is 0 Å². The van der Waals surface area contributed by atoms with E-state index in [2.05, 4.69) is 17.2 Å². The van der Waals surface area contributed by atoms with Crippen molar-refractivity contribution in [2.75, 3.05) is 27.2 Å². The SMILES string of the molecule is C=C(C)CCOc1ccc(C[C@@H]2NC(=O)[C@H]([C@@H](C)CC)N(C)C(=O)[C@H](C)NC(=O)[C@@H]3CCCN3C(=O)[C@H](Cc3ccccc3)OC(=O)[C@H](C)N(C)C2=O)cc1. The van der Waals surface area contributed by atoms with Gasteiger partial charge in [-0.3, -0.25) is 24.0 Å². The Labute approximate surface area is 324 Å². The molecule has 298 valence electrons. The maximum absolute atomic E-state index is 14.4. The summed E-state index contributed by atoms with van der Waals surface area (Å²) in [4.78, 5) is 88.1. The van der Waals surface area contributed by atoms with Crippen molar-refractivity contribution in [3.8, 4) is 5.75 Å². The number of nitrogens with one attached hydrogen (secondary N) is 2. The average Bonchev–Trinajstić information content (AvgIpc) is 3.67. The fourth-order valence-electron chi connectivity index (χ4n) is 6.94. The van der Waals surface area contributed by atoms with Gasteiger partial charge < -0.3 is 34.8 Å². The smallest absolute Gasteiger partial charge is 0.329 e. The highest BCUT2D eigenvalue weighted by atomic mass is 16.6. The van der Waals surface area contributed by atoms with E-state index in [1.54, 1.807) is 24.3 Å². The normalized spacial score (nSPS) is 25.3. The second-order valence-electron chi connectivity index (χ2n) is 14.9. The van der Waals surface area contributed by atoms with Crippen LogP contribution in [-0.2, 0) is 46.3 Å². The van der Waals surface area contributed by atoms with Gasteiger partial charge >= 0.3 is 5.97 Å². The maximum atomic E-state index is 14.4. The number of amides is 5. The van der Waals surface area contributed by atoms with Crippen molar-refractivity contribution in [1.82, 2.24) is 25.3 Å². The van der Waals surface area contributed by atoms with Gasteiger partial charge in [0, 0.05) is 39.9 Å². The van der Waals surface area contributed by atoms with Crippen molar-refractivity contribution < 1.29 is 38.2 Å². The number of carbonyl (C=O) groups is 6. The van der Waals surface area contributed by atoms with E-state index >= 15 is 0 Å². The highest BCUT2D eigenvalue weighted by Crippen LogP contribution is 2.23. The molecule has 7 atom stereocenters. The summed E-state index contributed by atoms with van der Waals surface area (Å²) in [7, 11) is 2.95. The molecule has 2 fully saturated rings. The third kappa shape index (κ3) is 10.9. The molecular formula is C42H57N5O8. The molecule has 2 aromatic rings. The lowest BCUT2D eigenvalue weighted by atomic mass is 9.95. The Balaban J connectivity index is 1.72. The van der Waals surface area contributed by atoms with Gasteiger partial charge in [0.2, 0.25) is 23.6 Å². The van der Waals surface area contributed by atoms with E-state index in [0.717, 1.165) is 11.1 Å². The van der Waals surface area contributed by atoms with Crippen LogP contribution in [0.25, 0.3) is 0 Å². The third-order valence-corrected chi connectivity index (χ3v) is 10.6. The van der Waals surface area contributed by atoms with Crippen molar-refractivity contribution in [2.24, 2.45) is 5.92 Å². The van der Waals surface area contributed by atoms with Gasteiger partial charge in [0.15, 0.2) is 6.10 Å². The van der Waals surface area contributed by atoms with Crippen molar-refractivity contribution in [1.29, 1.82) is 0 Å². The minimum atomic E-state index is -1.29. The first kappa shape index (κ1) is 42.5. The molecule has 0 radical (unpaired) electrons. The van der Waals surface area contributed by atoms with Crippen LogP contribution in [0.15, 0.2) is 66.7 Å². The van der Waals surface area contributed by atoms with E-state index in [1.165, 1.54) is 42.6 Å². The van der Waals surface area contributed by atoms with E-state index in [0.29, 0.717) is 43.6 Å². The first-order valence-corrected chi connectivity index (χ1v) is 19.2. The molecule has 2 aromatic carbocycles. The van der Waals surface area contributed by atoms with Crippen molar-refractivity contribution >= 4 is 35.5 Å². The molecule has 5 amide bonds. The second kappa shape index (κ2) is 19.4. The lowest BCUT2D eigenvalue weighted by molar-refractivity contribution is -0.166. The standard InChI is InChI=1S/C42H57N5O8/c1-9-27(4)36-38(49)44-33(24-31-17-19-32(20-18-31)54-23-21-26(2)3)40(51)45(7)29(6)42(53)55-35(25-30-14-11-10-12-15-30)41(52)47-22-13-16-34(47)37(48)43-28(5)39(50)46(36)8/h10-12,14-15,17-20,27-29,33-36H,2,9,13,16,21-25H2,1,3-8H3,(H,43,48)(H,44,49)/t27-,28-,29-,33-,34-,35-,36-/m0/s1. The molecule has 2 aliphatic rings. The molecule has 13 heteroatoms. The summed E-state index contributed by atoms with van der Waals surface area (Å²) < 4.78 is 11.7. The van der Waals surface area contributed by atoms with Crippen LogP contribution >= 0.6 is 0 Å². The van der Waals surface area contributed by atoms with E-state index < -0.39 is 71.8 Å². The fourth-order valence-corrected chi connectivity index (χ4v) is 6.94. The van der Waals surface area contributed by atoms with Crippen LogP contribution in [0.1, 0.15) is 71.4 Å². The number of rotatable bonds is 10. The zero-order valence-corrected chi connectivity index (χ0v) is 33.2. The number of hydrogen-bond acceptors (Lipinski definition) is 8. The Morgan fingerprint density at radius 1 is 0.873 bits per heavy atom. The van der Waals surface area contributed by atoms with E-state index in [-0.39, 0.29) is 25.3 Å². The summed E-state index contributed by atoms with van der Waals surface area (Å²) in [5.41, 5.74) is 2.45. The topological polar surface area (TPSA) is 155 Å². The summed E-state index contributed by atoms with van der Waals surface area (Å²) in [6, 6.07) is 11.0. The molecule has 0 spiro atoms. The molecule has 0 aliphatic carbocycles. The number of cyclic esters (lactones) is 1. The van der Waals surface area contributed by atoms with Crippen LogP contribution in [0.4, 0.5) is 0 Å². The van der Waals surface area contributed by atoms with Crippen molar-refractivity contribution in [3.63, 3.8) is 0 Å². The predicted octanol–water partition coefficient (Wildman–Crippen LogP) is 3.44. The largest absolute Gasteiger partial charge is 0.493 e. The van der Waals surface area contributed by atoms with Crippen LogP contribution in [0.2, 0.25) is 0 Å². The van der Waals surface area contributed by atoms with Gasteiger partial charge in [-0.2, -0.15) is 0 Å². The quantitative estimate of drug-likeness (QED) is 0.276. The van der Waals surface area contributed by atoms with Crippen LogP contribution in [0, 0.1) is 5.92 Å². The predicted molar refractivity (Wildman–Crippen MR) is 208 cm³/mol. The second-order valence-corrected chi connectivity index (χ2v) is 14.9. The number of hydrogen-bond donors (Lipinski definition) is 2. The van der Waals surface area contributed by atoms with Crippen LogP contribution < -0.4 is 15.4 Å². The molecule has 2 N–H and O–H groups in total. The van der Waals surface area contributed by atoms with Gasteiger partial charge in [-0.25, -0.2) is 4.79 Å². The summed E-state index contributed by atoms with van der Waals surface area (Å²) in [5.74, 6) is -3.18. The van der Waals surface area contributed by atoms with Gasteiger partial charge in [0.25, 0.3) is 5.91 Å². The van der Waals surface area contributed by atoms with Gasteiger partial charge in [-0.15, -0.1) is 6.58 Å². The molecule has 0 unspecified atom stereocenters. The lowest BCUT2D eigenvalue weighted by Gasteiger charge is -2.36. The highest BCUT2D eigenvalue weighted by molar-refractivity contribution is 5.97. The lowest BCUT2D eigenvalue weighted by Crippen LogP contribution is -2.60. The number of nitrogens with zero attached hydrogens (tertiary/aromatic N) is 3. The number of ether oxygens (including phenoxy) is 2. The molecular weight excluding hydrogens is 702 g/mol. The molecule has 2 aliphatic heterocycles. The van der Waals surface area contributed by atoms with Gasteiger partial charge in [0.05, 0.1) is 6.61 Å². The Bertz CT molecular complexity index is 1700. The minimum absolute atomic E-state index is 0.0445. The Kier molecular flexibility index (Phi) is 15.0. The molecule has 0 aromatic heterocycles. The first-order valence-electron chi connectivity index (χ1n) is 19.2. The molecule has 55 heavy (non-hydrogen) atoms. The zero-order valence-electron chi connectivity index (χ0n) is 33.2. The molecule has 0 bridgehead atoms. The summed E-state index contributed by atoms with van der Waals surface area (Å²) in [6.07, 6.45) is 0.951. The monoisotopic (exact) mass is 759 g/mol. The molecule has 0 saturated carbocycles. The van der Waals surface area contributed by atoms with Gasteiger partial charge in [-0.1, -0.05) is 68.3 Å². The van der Waals surface area contributed by atoms with E-state index in [4.69, 9.17) is 9.47 Å². The Hall–Kier alpha value is -5.20. The van der Waals surface area contributed by atoms with Crippen molar-refractivity contribution in [2.45, 2.75) is 109 Å². The third-order valence-electron chi connectivity index (χ3n) is 10.6. The molecule has 4 rings (SSSR count). The number of fused-ring (bicyclic) bond motifs is 1. The first-order chi connectivity index (χ1) is 26.1. The maximum Gasteiger partial charge on any atom is 0.329 e. The molecule has 13 nitrogen and oxygen atoms in total. The van der Waals surface area contributed by atoms with Crippen LogP contribution in [0.5, 0.6) is 5.75 Å². The Morgan fingerprint density at radius 2 is 1.53 bits per heavy atom. The number of benzene rings is 2.